The van der Waals surface area contributed by atoms with Crippen LogP contribution >= 0.6 is 0 Å². The number of nitrogens with one attached hydrogen (secondary N) is 2. The number of hydrogen-bond acceptors (Lipinski definition) is 8. The summed E-state index contributed by atoms with van der Waals surface area (Å²) < 4.78 is 2.36. The van der Waals surface area contributed by atoms with Gasteiger partial charge in [-0.1, -0.05) is 0 Å². The fourth-order valence-electron chi connectivity index (χ4n) is 2.76. The van der Waals surface area contributed by atoms with Gasteiger partial charge in [-0.2, -0.15) is 9.78 Å². The second-order valence-electron chi connectivity index (χ2n) is 6.02. The second kappa shape index (κ2) is 6.99. The van der Waals surface area contributed by atoms with Crippen molar-refractivity contribution < 1.29 is 14.7 Å². The maximum Gasteiger partial charge on any atom is 0.432 e. The van der Waals surface area contributed by atoms with Gasteiger partial charge in [0.2, 0.25) is 5.91 Å². The summed E-state index contributed by atoms with van der Waals surface area (Å²) >= 11 is 0. The Hall–Kier alpha value is -4.35. The van der Waals surface area contributed by atoms with Crippen LogP contribution in [0.5, 0.6) is 0 Å². The standard InChI is InChI=1S/C17H15N9O3/c1-9-19-11(8-13(20-9)21-10(2)27)15-16(23-14-4-3-6-18-26(14)15)22-12-5-7-25(24-12)17(28)29/h3-8H,1-2H3,(H,22,24)(H,28,29)(H,19,20,21,27). The summed E-state index contributed by atoms with van der Waals surface area (Å²) in [5.74, 6) is 1.17. The van der Waals surface area contributed by atoms with Crippen LogP contribution in [-0.2, 0) is 4.79 Å². The van der Waals surface area contributed by atoms with E-state index in [0.29, 0.717) is 34.5 Å². The average Bonchev–Trinajstić information content (AvgIpc) is 3.25. The fourth-order valence-corrected chi connectivity index (χ4v) is 2.76. The lowest BCUT2D eigenvalue weighted by molar-refractivity contribution is -0.114. The van der Waals surface area contributed by atoms with Crippen molar-refractivity contribution in [1.29, 1.82) is 0 Å². The zero-order chi connectivity index (χ0) is 20.5. The van der Waals surface area contributed by atoms with Gasteiger partial charge in [-0.3, -0.25) is 4.79 Å². The highest BCUT2D eigenvalue weighted by atomic mass is 16.4. The molecule has 0 fully saturated rings. The van der Waals surface area contributed by atoms with Gasteiger partial charge in [0.15, 0.2) is 17.3 Å². The van der Waals surface area contributed by atoms with Gasteiger partial charge in [0, 0.05) is 31.5 Å². The number of imidazole rings is 1. The van der Waals surface area contributed by atoms with Gasteiger partial charge in [0.05, 0.1) is 5.69 Å². The Morgan fingerprint density at radius 1 is 1.14 bits per heavy atom. The summed E-state index contributed by atoms with van der Waals surface area (Å²) in [7, 11) is 0. The quantitative estimate of drug-likeness (QED) is 0.472. The molecule has 12 heteroatoms. The molecule has 0 aliphatic rings. The Bertz CT molecular complexity index is 1240. The van der Waals surface area contributed by atoms with Crippen molar-refractivity contribution >= 4 is 35.1 Å². The monoisotopic (exact) mass is 393 g/mol. The fraction of sp³-hybridized carbons (Fsp3) is 0.118. The highest BCUT2D eigenvalue weighted by Gasteiger charge is 2.19. The van der Waals surface area contributed by atoms with Crippen molar-refractivity contribution in [1.82, 2.24) is 34.3 Å². The van der Waals surface area contributed by atoms with Crippen molar-refractivity contribution in [3.63, 3.8) is 0 Å². The molecule has 4 aromatic heterocycles. The van der Waals surface area contributed by atoms with Gasteiger partial charge in [0.1, 0.15) is 17.3 Å². The van der Waals surface area contributed by atoms with Crippen LogP contribution in [0.3, 0.4) is 0 Å². The molecule has 0 saturated carbocycles. The van der Waals surface area contributed by atoms with Crippen LogP contribution < -0.4 is 10.6 Å². The molecule has 12 nitrogen and oxygen atoms in total. The molecule has 1 amide bonds. The van der Waals surface area contributed by atoms with Crippen molar-refractivity contribution in [2.75, 3.05) is 10.6 Å². The Morgan fingerprint density at radius 2 is 1.97 bits per heavy atom. The van der Waals surface area contributed by atoms with Gasteiger partial charge >= 0.3 is 6.09 Å². The summed E-state index contributed by atoms with van der Waals surface area (Å²) in [6.45, 7) is 3.09. The molecule has 0 aliphatic heterocycles. The SMILES string of the molecule is CC(=O)Nc1cc(-c2c(Nc3ccn(C(=O)O)n3)nc3cccnn23)nc(C)n1. The molecule has 0 saturated heterocycles. The summed E-state index contributed by atoms with van der Waals surface area (Å²) in [4.78, 5) is 35.6. The van der Waals surface area contributed by atoms with E-state index in [1.54, 1.807) is 35.8 Å². The topological polar surface area (TPSA) is 152 Å². The number of rotatable bonds is 4. The van der Waals surface area contributed by atoms with Crippen LogP contribution in [0, 0.1) is 6.92 Å². The van der Waals surface area contributed by atoms with Gasteiger partial charge in [-0.15, -0.1) is 5.10 Å². The minimum atomic E-state index is -1.21. The first-order valence-corrected chi connectivity index (χ1v) is 8.44. The van der Waals surface area contributed by atoms with Crippen LogP contribution in [-0.4, -0.2) is 51.5 Å². The van der Waals surface area contributed by atoms with Crippen LogP contribution in [0.25, 0.3) is 17.0 Å². The summed E-state index contributed by atoms with van der Waals surface area (Å²) in [6, 6.07) is 6.61. The molecule has 4 rings (SSSR count). The number of aromatic nitrogens is 7. The van der Waals surface area contributed by atoms with E-state index in [4.69, 9.17) is 5.11 Å². The summed E-state index contributed by atoms with van der Waals surface area (Å²) in [5, 5.41) is 22.9. The van der Waals surface area contributed by atoms with E-state index < -0.39 is 6.09 Å². The molecule has 4 aromatic rings. The summed E-state index contributed by atoms with van der Waals surface area (Å²) in [6.07, 6.45) is 1.70. The number of fused-ring (bicyclic) bond motifs is 1. The van der Waals surface area contributed by atoms with Crippen LogP contribution in [0.4, 0.5) is 22.2 Å². The molecular weight excluding hydrogens is 378 g/mol. The minimum Gasteiger partial charge on any atom is -0.463 e. The molecule has 0 spiro atoms. The maximum atomic E-state index is 11.4. The van der Waals surface area contributed by atoms with Gasteiger partial charge in [-0.05, 0) is 19.1 Å². The molecule has 0 radical (unpaired) electrons. The number of aryl methyl sites for hydroxylation is 1. The van der Waals surface area contributed by atoms with Gasteiger partial charge < -0.3 is 15.7 Å². The molecule has 3 N–H and O–H groups in total. The number of carboxylic acid groups (broad SMARTS) is 1. The number of nitrogens with zero attached hydrogens (tertiary/aromatic N) is 7. The molecule has 0 bridgehead atoms. The molecule has 0 atom stereocenters. The second-order valence-corrected chi connectivity index (χ2v) is 6.02. The summed E-state index contributed by atoms with van der Waals surface area (Å²) in [5.41, 5.74) is 1.51. The van der Waals surface area contributed by atoms with E-state index in [1.165, 1.54) is 19.2 Å². The molecule has 0 aromatic carbocycles. The maximum absolute atomic E-state index is 11.4. The Balaban J connectivity index is 1.85. The van der Waals surface area contributed by atoms with E-state index in [9.17, 15) is 9.59 Å². The first-order valence-electron chi connectivity index (χ1n) is 8.44. The normalized spacial score (nSPS) is 10.8. The molecule has 146 valence electrons. The largest absolute Gasteiger partial charge is 0.463 e. The van der Waals surface area contributed by atoms with Crippen LogP contribution in [0.1, 0.15) is 12.7 Å². The van der Waals surface area contributed by atoms with Gasteiger partial charge in [0.25, 0.3) is 0 Å². The molecule has 0 aliphatic carbocycles. The zero-order valence-electron chi connectivity index (χ0n) is 15.4. The third-order valence-corrected chi connectivity index (χ3v) is 3.81. The lowest BCUT2D eigenvalue weighted by Crippen LogP contribution is -2.10. The van der Waals surface area contributed by atoms with E-state index in [2.05, 4.69) is 35.8 Å². The van der Waals surface area contributed by atoms with E-state index in [-0.39, 0.29) is 11.7 Å². The number of hydrogen-bond donors (Lipinski definition) is 3. The van der Waals surface area contributed by atoms with Crippen LogP contribution in [0.15, 0.2) is 36.7 Å². The predicted molar refractivity (Wildman–Crippen MR) is 102 cm³/mol. The first kappa shape index (κ1) is 18.0. The smallest absolute Gasteiger partial charge is 0.432 e. The van der Waals surface area contributed by atoms with E-state index in [0.717, 1.165) is 4.68 Å². The molecule has 4 heterocycles. The zero-order valence-corrected chi connectivity index (χ0v) is 15.4. The van der Waals surface area contributed by atoms with Crippen molar-refractivity contribution in [3.8, 4) is 11.4 Å². The molecular formula is C17H15N9O3. The van der Waals surface area contributed by atoms with Crippen LogP contribution in [0.2, 0.25) is 0 Å². The minimum absolute atomic E-state index is 0.261. The Labute approximate surface area is 163 Å². The van der Waals surface area contributed by atoms with Crippen molar-refractivity contribution in [3.05, 3.63) is 42.5 Å². The molecule has 29 heavy (non-hydrogen) atoms. The van der Waals surface area contributed by atoms with E-state index in [1.807, 2.05) is 0 Å². The molecule has 0 unspecified atom stereocenters. The van der Waals surface area contributed by atoms with Crippen molar-refractivity contribution in [2.24, 2.45) is 0 Å². The lowest BCUT2D eigenvalue weighted by atomic mass is 10.2. The number of anilines is 3. The first-order chi connectivity index (χ1) is 13.9. The third-order valence-electron chi connectivity index (χ3n) is 3.81. The third kappa shape index (κ3) is 3.58. The predicted octanol–water partition coefficient (Wildman–Crippen LogP) is 1.92. The Morgan fingerprint density at radius 3 is 2.69 bits per heavy atom. The van der Waals surface area contributed by atoms with E-state index >= 15 is 0 Å². The average molecular weight is 393 g/mol. The lowest BCUT2D eigenvalue weighted by Gasteiger charge is -2.08. The van der Waals surface area contributed by atoms with Crippen molar-refractivity contribution in [2.45, 2.75) is 13.8 Å². The highest BCUT2D eigenvalue weighted by molar-refractivity contribution is 5.88. The van der Waals surface area contributed by atoms with Gasteiger partial charge in [-0.25, -0.2) is 24.3 Å². The number of carbonyl (C=O) groups excluding carboxylic acids is 1. The highest BCUT2D eigenvalue weighted by Crippen LogP contribution is 2.30. The number of carbonyl (C=O) groups is 2. The Kier molecular flexibility index (Phi) is 4.35. The number of amides is 1.